The molecule has 1 aliphatic rings. The molecule has 0 saturated carbocycles. The van der Waals surface area contributed by atoms with E-state index >= 15 is 0 Å². The predicted molar refractivity (Wildman–Crippen MR) is 89.8 cm³/mol. The van der Waals surface area contributed by atoms with Crippen molar-refractivity contribution in [3.63, 3.8) is 0 Å². The monoisotopic (exact) mass is 314 g/mol. The van der Waals surface area contributed by atoms with Crippen LogP contribution in [-0.2, 0) is 6.54 Å². The van der Waals surface area contributed by atoms with Crippen molar-refractivity contribution in [3.05, 3.63) is 58.1 Å². The molecule has 0 radical (unpaired) electrons. The fraction of sp³-hybridized carbons (Fsp3) is 0.389. The number of rotatable bonds is 4. The van der Waals surface area contributed by atoms with Gasteiger partial charge in [-0.25, -0.2) is 0 Å². The van der Waals surface area contributed by atoms with E-state index in [1.54, 1.807) is 0 Å². The number of likely N-dealkylation sites (tertiary alicyclic amines) is 1. The number of hydrogen-bond donors (Lipinski definition) is 1. The Balaban J connectivity index is 1.81. The van der Waals surface area contributed by atoms with E-state index in [9.17, 15) is 9.90 Å². The highest BCUT2D eigenvalue weighted by Crippen LogP contribution is 2.34. The first kappa shape index (κ1) is 15.6. The largest absolute Gasteiger partial charge is 0.502 e. The molecule has 0 unspecified atom stereocenters. The van der Waals surface area contributed by atoms with Crippen LogP contribution in [-0.4, -0.2) is 30.6 Å². The van der Waals surface area contributed by atoms with Crippen LogP contribution in [0.2, 0.25) is 0 Å². The van der Waals surface area contributed by atoms with Crippen LogP contribution in [0.1, 0.15) is 30.2 Å². The van der Waals surface area contributed by atoms with Gasteiger partial charge >= 0.3 is 0 Å². The summed E-state index contributed by atoms with van der Waals surface area (Å²) >= 11 is 0. The molecule has 0 amide bonds. The van der Waals surface area contributed by atoms with E-state index in [1.165, 1.54) is 17.3 Å². The minimum Gasteiger partial charge on any atom is -0.502 e. The Hall–Kier alpha value is -2.27. The maximum Gasteiger partial charge on any atom is 0.226 e. The van der Waals surface area contributed by atoms with Crippen molar-refractivity contribution in [1.82, 2.24) is 4.90 Å². The summed E-state index contributed by atoms with van der Waals surface area (Å²) in [4.78, 5) is 16.0. The molecule has 1 N–H and O–H groups in total. The lowest BCUT2D eigenvalue weighted by molar-refractivity contribution is 0.224. The van der Waals surface area contributed by atoms with E-state index in [0.717, 1.165) is 25.6 Å². The molecule has 122 valence electrons. The average Bonchev–Trinajstić information content (AvgIpc) is 2.99. The molecule has 1 aromatic carbocycles. The standard InChI is InChI=1S/C18H22N2O3/c1-19(2)14-6-3-5-13(9-14)16-7-4-8-20(16)11-15-10-17(21)18(22)12-23-15/h3,5-6,9-10,12,16,22H,4,7-8,11H2,1-2H3/t16-/m0/s1. The van der Waals surface area contributed by atoms with Crippen LogP contribution in [0.3, 0.4) is 0 Å². The Morgan fingerprint density at radius 3 is 2.91 bits per heavy atom. The molecular weight excluding hydrogens is 292 g/mol. The molecule has 0 bridgehead atoms. The van der Waals surface area contributed by atoms with E-state index in [0.29, 0.717) is 18.3 Å². The van der Waals surface area contributed by atoms with Gasteiger partial charge < -0.3 is 14.4 Å². The summed E-state index contributed by atoms with van der Waals surface area (Å²) in [6.45, 7) is 1.55. The number of nitrogens with zero attached hydrogens (tertiary/aromatic N) is 2. The van der Waals surface area contributed by atoms with Crippen molar-refractivity contribution in [2.45, 2.75) is 25.4 Å². The summed E-state index contributed by atoms with van der Waals surface area (Å²) < 4.78 is 5.35. The van der Waals surface area contributed by atoms with Gasteiger partial charge in [-0.2, -0.15) is 0 Å². The lowest BCUT2D eigenvalue weighted by Gasteiger charge is -2.25. The van der Waals surface area contributed by atoms with Gasteiger partial charge in [-0.05, 0) is 37.1 Å². The minimum atomic E-state index is -0.392. The maximum absolute atomic E-state index is 11.6. The smallest absolute Gasteiger partial charge is 0.226 e. The molecule has 1 aliphatic heterocycles. The highest BCUT2D eigenvalue weighted by Gasteiger charge is 2.27. The minimum absolute atomic E-state index is 0.328. The number of hydrogen-bond acceptors (Lipinski definition) is 5. The lowest BCUT2D eigenvalue weighted by Crippen LogP contribution is -2.23. The van der Waals surface area contributed by atoms with Crippen molar-refractivity contribution in [1.29, 1.82) is 0 Å². The highest BCUT2D eigenvalue weighted by atomic mass is 16.4. The summed E-state index contributed by atoms with van der Waals surface area (Å²) in [6.07, 6.45) is 3.34. The van der Waals surface area contributed by atoms with E-state index in [2.05, 4.69) is 34.1 Å². The third-order valence-corrected chi connectivity index (χ3v) is 4.36. The zero-order chi connectivity index (χ0) is 16.4. The Morgan fingerprint density at radius 2 is 2.17 bits per heavy atom. The summed E-state index contributed by atoms with van der Waals surface area (Å²) in [5.74, 6) is 0.244. The third-order valence-electron chi connectivity index (χ3n) is 4.36. The lowest BCUT2D eigenvalue weighted by atomic mass is 10.0. The molecule has 0 aliphatic carbocycles. The van der Waals surface area contributed by atoms with Gasteiger partial charge in [-0.1, -0.05) is 12.1 Å². The van der Waals surface area contributed by atoms with Gasteiger partial charge in [0.1, 0.15) is 12.0 Å². The van der Waals surface area contributed by atoms with Gasteiger partial charge in [0.05, 0.1) is 6.54 Å². The molecule has 3 rings (SSSR count). The fourth-order valence-corrected chi connectivity index (χ4v) is 3.13. The molecule has 1 atom stereocenters. The van der Waals surface area contributed by atoms with E-state index in [-0.39, 0.29) is 5.75 Å². The van der Waals surface area contributed by atoms with Crippen molar-refractivity contribution in [3.8, 4) is 5.75 Å². The molecule has 2 aromatic rings. The van der Waals surface area contributed by atoms with Gasteiger partial charge in [0.25, 0.3) is 0 Å². The topological polar surface area (TPSA) is 56.9 Å². The number of anilines is 1. The number of aromatic hydroxyl groups is 1. The molecule has 0 spiro atoms. The Morgan fingerprint density at radius 1 is 1.35 bits per heavy atom. The highest BCUT2D eigenvalue weighted by molar-refractivity contribution is 5.48. The van der Waals surface area contributed by atoms with Crippen molar-refractivity contribution >= 4 is 5.69 Å². The van der Waals surface area contributed by atoms with Crippen LogP contribution in [0.15, 0.2) is 45.8 Å². The van der Waals surface area contributed by atoms with Crippen LogP contribution < -0.4 is 10.3 Å². The van der Waals surface area contributed by atoms with Crippen molar-refractivity contribution in [2.75, 3.05) is 25.5 Å². The Kier molecular flexibility index (Phi) is 4.39. The van der Waals surface area contributed by atoms with Crippen LogP contribution in [0, 0.1) is 0 Å². The first-order valence-corrected chi connectivity index (χ1v) is 7.86. The molecular formula is C18H22N2O3. The second-order valence-corrected chi connectivity index (χ2v) is 6.21. The van der Waals surface area contributed by atoms with E-state index < -0.39 is 5.43 Å². The molecule has 1 aromatic heterocycles. The molecule has 1 fully saturated rings. The maximum atomic E-state index is 11.6. The average molecular weight is 314 g/mol. The summed E-state index contributed by atoms with van der Waals surface area (Å²) in [5.41, 5.74) is 2.08. The normalized spacial score (nSPS) is 18.3. The van der Waals surface area contributed by atoms with Gasteiger partial charge in [-0.15, -0.1) is 0 Å². The van der Waals surface area contributed by atoms with Crippen LogP contribution in [0.4, 0.5) is 5.69 Å². The zero-order valence-electron chi connectivity index (χ0n) is 13.5. The first-order chi connectivity index (χ1) is 11.0. The van der Waals surface area contributed by atoms with Gasteiger partial charge in [-0.3, -0.25) is 9.69 Å². The summed E-state index contributed by atoms with van der Waals surface area (Å²) in [5, 5.41) is 9.29. The van der Waals surface area contributed by atoms with Crippen molar-refractivity contribution < 1.29 is 9.52 Å². The third kappa shape index (κ3) is 3.40. The van der Waals surface area contributed by atoms with Gasteiger partial charge in [0, 0.05) is 31.9 Å². The van der Waals surface area contributed by atoms with Crippen LogP contribution in [0.25, 0.3) is 0 Å². The van der Waals surface area contributed by atoms with Crippen molar-refractivity contribution in [2.24, 2.45) is 0 Å². The van der Waals surface area contributed by atoms with Crippen LogP contribution >= 0.6 is 0 Å². The predicted octanol–water partition coefficient (Wildman–Crippen LogP) is 2.75. The first-order valence-electron chi connectivity index (χ1n) is 7.86. The molecule has 5 nitrogen and oxygen atoms in total. The fourth-order valence-electron chi connectivity index (χ4n) is 3.13. The number of benzene rings is 1. The second kappa shape index (κ2) is 6.46. The zero-order valence-corrected chi connectivity index (χ0v) is 13.5. The quantitative estimate of drug-likeness (QED) is 0.940. The van der Waals surface area contributed by atoms with E-state index in [4.69, 9.17) is 4.42 Å². The summed E-state index contributed by atoms with van der Waals surface area (Å²) in [6, 6.07) is 10.3. The van der Waals surface area contributed by atoms with Gasteiger partial charge in [0.2, 0.25) is 5.43 Å². The molecule has 5 heteroatoms. The van der Waals surface area contributed by atoms with Crippen LogP contribution in [0.5, 0.6) is 5.75 Å². The Labute approximate surface area is 135 Å². The molecule has 23 heavy (non-hydrogen) atoms. The van der Waals surface area contributed by atoms with Gasteiger partial charge in [0.15, 0.2) is 5.75 Å². The second-order valence-electron chi connectivity index (χ2n) is 6.21. The Bertz CT molecular complexity index is 739. The van der Waals surface area contributed by atoms with E-state index in [1.807, 2.05) is 14.1 Å². The molecule has 1 saturated heterocycles. The summed E-state index contributed by atoms with van der Waals surface area (Å²) in [7, 11) is 4.08. The SMILES string of the molecule is CN(C)c1cccc([C@@H]2CCCN2Cc2cc(=O)c(O)co2)c1. The molecule has 2 heterocycles.